The maximum Gasteiger partial charge on any atom is 0.254 e. The highest BCUT2D eigenvalue weighted by molar-refractivity contribution is 7.92. The van der Waals surface area contributed by atoms with Gasteiger partial charge in [0, 0.05) is 44.7 Å². The first-order valence-electron chi connectivity index (χ1n) is 12.3. The van der Waals surface area contributed by atoms with E-state index in [1.165, 1.54) is 12.1 Å². The van der Waals surface area contributed by atoms with Crippen LogP contribution >= 0.6 is 0 Å². The number of nitrogens with one attached hydrogen (secondary N) is 1. The van der Waals surface area contributed by atoms with Gasteiger partial charge >= 0.3 is 0 Å². The van der Waals surface area contributed by atoms with Gasteiger partial charge in [0.15, 0.2) is 0 Å². The zero-order chi connectivity index (χ0) is 26.4. The van der Waals surface area contributed by atoms with Crippen molar-refractivity contribution in [2.24, 2.45) is 0 Å². The maximum atomic E-state index is 12.7. The average Bonchev–Trinajstić information content (AvgIpc) is 3.30. The van der Waals surface area contributed by atoms with Gasteiger partial charge in [0.05, 0.1) is 25.2 Å². The van der Waals surface area contributed by atoms with E-state index in [1.54, 1.807) is 17.0 Å². The van der Waals surface area contributed by atoms with E-state index in [0.29, 0.717) is 50.5 Å². The van der Waals surface area contributed by atoms with Crippen molar-refractivity contribution in [2.45, 2.75) is 25.9 Å². The highest BCUT2D eigenvalue weighted by Gasteiger charge is 2.23. The second-order valence-corrected chi connectivity index (χ2v) is 11.1. The number of morpholine rings is 1. The van der Waals surface area contributed by atoms with E-state index in [0.717, 1.165) is 34.7 Å². The fraction of sp³-hybridized carbons (Fsp3) is 0.423. The van der Waals surface area contributed by atoms with Crippen molar-refractivity contribution < 1.29 is 27.5 Å². The highest BCUT2D eigenvalue weighted by Crippen LogP contribution is 2.20. The van der Waals surface area contributed by atoms with Gasteiger partial charge in [0.1, 0.15) is 6.54 Å². The summed E-state index contributed by atoms with van der Waals surface area (Å²) < 4.78 is 31.2. The Morgan fingerprint density at radius 1 is 0.973 bits per heavy atom. The Kier molecular flexibility index (Phi) is 8.45. The lowest BCUT2D eigenvalue weighted by atomic mass is 10.1. The number of benzene rings is 2. The number of hydrogen-bond acceptors (Lipinski definition) is 6. The topological polar surface area (TPSA) is 116 Å². The molecule has 11 heteroatoms. The molecule has 0 saturated carbocycles. The van der Waals surface area contributed by atoms with Gasteiger partial charge in [-0.3, -0.25) is 18.7 Å². The van der Waals surface area contributed by atoms with E-state index in [4.69, 9.17) is 4.74 Å². The van der Waals surface area contributed by atoms with Crippen LogP contribution in [0.5, 0.6) is 0 Å². The van der Waals surface area contributed by atoms with E-state index < -0.39 is 15.9 Å². The van der Waals surface area contributed by atoms with E-state index in [1.807, 2.05) is 29.2 Å². The summed E-state index contributed by atoms with van der Waals surface area (Å²) in [6.07, 6.45) is 2.53. The van der Waals surface area contributed by atoms with Gasteiger partial charge in [0.25, 0.3) is 5.91 Å². The summed E-state index contributed by atoms with van der Waals surface area (Å²) >= 11 is 0. The van der Waals surface area contributed by atoms with Crippen molar-refractivity contribution in [3.8, 4) is 0 Å². The summed E-state index contributed by atoms with van der Waals surface area (Å²) in [5.41, 5.74) is 2.63. The Hall–Kier alpha value is -3.44. The zero-order valence-electron chi connectivity index (χ0n) is 20.9. The summed E-state index contributed by atoms with van der Waals surface area (Å²) in [6.45, 7) is 3.21. The minimum absolute atomic E-state index is 0.142. The molecule has 0 unspecified atom stereocenters. The number of carbonyl (C=O) groups is 3. The first-order chi connectivity index (χ1) is 17.7. The zero-order valence-corrected chi connectivity index (χ0v) is 21.7. The number of carbonyl (C=O) groups excluding carboxylic acids is 3. The minimum atomic E-state index is -3.74. The van der Waals surface area contributed by atoms with Crippen molar-refractivity contribution in [3.63, 3.8) is 0 Å². The number of hydrogen-bond donors (Lipinski definition) is 1. The molecule has 37 heavy (non-hydrogen) atoms. The molecule has 3 amide bonds. The van der Waals surface area contributed by atoms with E-state index in [2.05, 4.69) is 5.32 Å². The first kappa shape index (κ1) is 26.6. The third-order valence-electron chi connectivity index (χ3n) is 6.45. The average molecular weight is 529 g/mol. The molecule has 0 atom stereocenters. The molecule has 2 aliphatic rings. The molecule has 10 nitrogen and oxygen atoms in total. The molecule has 2 heterocycles. The Labute approximate surface area is 217 Å². The SMILES string of the molecule is CS(=O)(=O)N(CC(=O)NCc1ccc(CN2CCCC2=O)cc1)c1ccc(C(=O)N2CCOCC2)cc1. The van der Waals surface area contributed by atoms with Crippen LogP contribution in [-0.2, 0) is 37.4 Å². The van der Waals surface area contributed by atoms with Crippen molar-refractivity contribution in [1.29, 1.82) is 0 Å². The Balaban J connectivity index is 1.33. The van der Waals surface area contributed by atoms with Gasteiger partial charge in [-0.15, -0.1) is 0 Å². The van der Waals surface area contributed by atoms with Gasteiger partial charge in [-0.25, -0.2) is 8.42 Å². The predicted octanol–water partition coefficient (Wildman–Crippen LogP) is 1.36. The third-order valence-corrected chi connectivity index (χ3v) is 7.59. The summed E-state index contributed by atoms with van der Waals surface area (Å²) in [4.78, 5) is 40.6. The van der Waals surface area contributed by atoms with Crippen molar-refractivity contribution in [2.75, 3.05) is 50.0 Å². The lowest BCUT2D eigenvalue weighted by molar-refractivity contribution is -0.128. The Bertz CT molecular complexity index is 1220. The molecule has 2 aliphatic heterocycles. The minimum Gasteiger partial charge on any atom is -0.378 e. The number of likely N-dealkylation sites (tertiary alicyclic amines) is 1. The van der Waals surface area contributed by atoms with Crippen LogP contribution in [0.2, 0.25) is 0 Å². The molecule has 2 aromatic rings. The van der Waals surface area contributed by atoms with Crippen LogP contribution in [0.4, 0.5) is 5.69 Å². The Morgan fingerprint density at radius 2 is 1.62 bits per heavy atom. The van der Waals surface area contributed by atoms with Gasteiger partial charge in [0.2, 0.25) is 21.8 Å². The van der Waals surface area contributed by atoms with Gasteiger partial charge in [-0.1, -0.05) is 24.3 Å². The van der Waals surface area contributed by atoms with Crippen LogP contribution in [0.1, 0.15) is 34.3 Å². The molecule has 0 aromatic heterocycles. The standard InChI is InChI=1S/C26H32N4O6S/c1-37(34,35)30(23-10-8-22(9-11-23)26(33)28-13-15-36-16-14-28)19-24(31)27-17-20-4-6-21(7-5-20)18-29-12-2-3-25(29)32/h4-11H,2-3,12-19H2,1H3,(H,27,31). The molecular weight excluding hydrogens is 496 g/mol. The molecule has 2 saturated heterocycles. The summed E-state index contributed by atoms with van der Waals surface area (Å²) in [5, 5.41) is 2.76. The van der Waals surface area contributed by atoms with Crippen molar-refractivity contribution in [1.82, 2.24) is 15.1 Å². The largest absolute Gasteiger partial charge is 0.378 e. The number of anilines is 1. The van der Waals surface area contributed by atoms with Crippen LogP contribution in [0.3, 0.4) is 0 Å². The summed E-state index contributed by atoms with van der Waals surface area (Å²) in [5.74, 6) is -0.424. The van der Waals surface area contributed by atoms with Gasteiger partial charge in [-0.2, -0.15) is 0 Å². The third kappa shape index (κ3) is 7.07. The van der Waals surface area contributed by atoms with E-state index in [9.17, 15) is 22.8 Å². The number of amides is 3. The maximum absolute atomic E-state index is 12.7. The van der Waals surface area contributed by atoms with Crippen molar-refractivity contribution in [3.05, 3.63) is 65.2 Å². The van der Waals surface area contributed by atoms with Gasteiger partial charge < -0.3 is 19.9 Å². The highest BCUT2D eigenvalue weighted by atomic mass is 32.2. The summed E-state index contributed by atoms with van der Waals surface area (Å²) in [7, 11) is -3.74. The quantitative estimate of drug-likeness (QED) is 0.526. The first-order valence-corrected chi connectivity index (χ1v) is 14.1. The van der Waals surface area contributed by atoms with Crippen LogP contribution in [-0.4, -0.2) is 81.6 Å². The second kappa shape index (κ2) is 11.7. The van der Waals surface area contributed by atoms with E-state index in [-0.39, 0.29) is 24.9 Å². The van der Waals surface area contributed by atoms with Crippen LogP contribution in [0.25, 0.3) is 0 Å². The number of nitrogens with zero attached hydrogens (tertiary/aromatic N) is 3. The monoisotopic (exact) mass is 528 g/mol. The normalized spacial score (nSPS) is 16.1. The van der Waals surface area contributed by atoms with Crippen LogP contribution in [0.15, 0.2) is 48.5 Å². The smallest absolute Gasteiger partial charge is 0.254 e. The fourth-order valence-corrected chi connectivity index (χ4v) is 5.22. The molecule has 2 aromatic carbocycles. The molecule has 2 fully saturated rings. The van der Waals surface area contributed by atoms with Crippen LogP contribution in [0, 0.1) is 0 Å². The lowest BCUT2D eigenvalue weighted by Gasteiger charge is -2.27. The number of rotatable bonds is 9. The number of sulfonamides is 1. The molecule has 1 N–H and O–H groups in total. The van der Waals surface area contributed by atoms with Gasteiger partial charge in [-0.05, 0) is 41.8 Å². The molecule has 198 valence electrons. The molecule has 0 bridgehead atoms. The van der Waals surface area contributed by atoms with E-state index >= 15 is 0 Å². The summed E-state index contributed by atoms with van der Waals surface area (Å²) in [6, 6.07) is 13.8. The molecular formula is C26H32N4O6S. The molecule has 0 radical (unpaired) electrons. The Morgan fingerprint density at radius 3 is 2.22 bits per heavy atom. The predicted molar refractivity (Wildman–Crippen MR) is 138 cm³/mol. The lowest BCUT2D eigenvalue weighted by Crippen LogP contribution is -2.41. The number of ether oxygens (including phenoxy) is 1. The van der Waals surface area contributed by atoms with Crippen molar-refractivity contribution >= 4 is 33.4 Å². The second-order valence-electron chi connectivity index (χ2n) is 9.23. The molecule has 0 aliphatic carbocycles. The molecule has 4 rings (SSSR count). The van der Waals surface area contributed by atoms with Crippen LogP contribution < -0.4 is 9.62 Å². The molecule has 0 spiro atoms. The fourth-order valence-electron chi connectivity index (χ4n) is 4.36.